The van der Waals surface area contributed by atoms with Crippen molar-refractivity contribution in [1.29, 1.82) is 0 Å². The zero-order valence-corrected chi connectivity index (χ0v) is 21.8. The third-order valence-electron chi connectivity index (χ3n) is 5.20. The molecular formula is C23H33N3O6S2. The Labute approximate surface area is 201 Å². The Bertz CT molecular complexity index is 1290. The molecule has 0 unspecified atom stereocenters. The van der Waals surface area contributed by atoms with Crippen molar-refractivity contribution >= 4 is 31.1 Å². The Morgan fingerprint density at radius 1 is 1.00 bits per heavy atom. The number of hydrogen-bond acceptors (Lipinski definition) is 6. The zero-order valence-electron chi connectivity index (χ0n) is 20.2. The van der Waals surface area contributed by atoms with Gasteiger partial charge in [-0.1, -0.05) is 17.7 Å². The summed E-state index contributed by atoms with van der Waals surface area (Å²) in [5.41, 5.74) is 8.20. The Morgan fingerprint density at radius 3 is 2.18 bits per heavy atom. The van der Waals surface area contributed by atoms with E-state index in [1.165, 1.54) is 33.3 Å². The largest absolute Gasteiger partial charge is 0.344 e. The molecule has 0 saturated carbocycles. The van der Waals surface area contributed by atoms with Crippen LogP contribution in [0.2, 0.25) is 0 Å². The molecule has 4 rings (SSSR count). The minimum atomic E-state index is -3.67. The predicted octanol–water partition coefficient (Wildman–Crippen LogP) is 2.89. The molecule has 0 fully saturated rings. The van der Waals surface area contributed by atoms with Crippen molar-refractivity contribution in [2.75, 3.05) is 26.1 Å². The van der Waals surface area contributed by atoms with Crippen molar-refractivity contribution in [2.24, 2.45) is 0 Å². The lowest BCUT2D eigenvalue weighted by molar-refractivity contribution is 0.309. The molecule has 1 aliphatic rings. The van der Waals surface area contributed by atoms with Gasteiger partial charge in [-0.25, -0.2) is 0 Å². The SMILES string of the molecule is CS(=O)(=O)O.CS(=O)(=O)O.Cc1ccc2c(c1)c1c(n2CCc2ccc(C)nc2)CCN(C)C1. The van der Waals surface area contributed by atoms with Gasteiger partial charge in [0.15, 0.2) is 0 Å². The first-order valence-electron chi connectivity index (χ1n) is 10.7. The molecule has 9 nitrogen and oxygen atoms in total. The molecule has 2 N–H and O–H groups in total. The average Bonchev–Trinajstić information content (AvgIpc) is 2.97. The molecule has 34 heavy (non-hydrogen) atoms. The van der Waals surface area contributed by atoms with Gasteiger partial charge in [-0.15, -0.1) is 0 Å². The number of aromatic nitrogens is 2. The number of pyridine rings is 1. The number of benzene rings is 1. The maximum atomic E-state index is 9.19. The molecule has 0 radical (unpaired) electrons. The molecule has 1 aliphatic heterocycles. The zero-order chi connectivity index (χ0) is 25.7. The number of fused-ring (bicyclic) bond motifs is 3. The molecule has 0 aliphatic carbocycles. The summed E-state index contributed by atoms with van der Waals surface area (Å²) >= 11 is 0. The van der Waals surface area contributed by atoms with E-state index in [0.29, 0.717) is 12.5 Å². The number of hydrogen-bond donors (Lipinski definition) is 2. The van der Waals surface area contributed by atoms with Gasteiger partial charge in [0.05, 0.1) is 12.5 Å². The number of aryl methyl sites for hydroxylation is 4. The van der Waals surface area contributed by atoms with Crippen LogP contribution in [-0.4, -0.2) is 66.5 Å². The van der Waals surface area contributed by atoms with Gasteiger partial charge in [0, 0.05) is 54.5 Å². The summed E-state index contributed by atoms with van der Waals surface area (Å²) < 4.78 is 54.3. The third-order valence-corrected chi connectivity index (χ3v) is 5.20. The van der Waals surface area contributed by atoms with Gasteiger partial charge >= 0.3 is 0 Å². The van der Waals surface area contributed by atoms with Crippen LogP contribution in [0.4, 0.5) is 0 Å². The second-order valence-electron chi connectivity index (χ2n) is 8.61. The fourth-order valence-corrected chi connectivity index (χ4v) is 3.84. The summed E-state index contributed by atoms with van der Waals surface area (Å²) in [7, 11) is -5.11. The van der Waals surface area contributed by atoms with Crippen LogP contribution in [0.3, 0.4) is 0 Å². The molecule has 0 bridgehead atoms. The molecule has 188 valence electrons. The Hall–Kier alpha value is -2.31. The molecule has 0 amide bonds. The van der Waals surface area contributed by atoms with E-state index in [4.69, 9.17) is 9.11 Å². The highest BCUT2D eigenvalue weighted by molar-refractivity contribution is 7.85. The van der Waals surface area contributed by atoms with Crippen molar-refractivity contribution in [2.45, 2.75) is 39.8 Å². The van der Waals surface area contributed by atoms with Gasteiger partial charge in [0.1, 0.15) is 0 Å². The molecule has 11 heteroatoms. The second kappa shape index (κ2) is 11.4. The van der Waals surface area contributed by atoms with Crippen LogP contribution in [0, 0.1) is 13.8 Å². The molecule has 3 heterocycles. The smallest absolute Gasteiger partial charge is 0.261 e. The van der Waals surface area contributed by atoms with Crippen LogP contribution in [0.5, 0.6) is 0 Å². The Morgan fingerprint density at radius 2 is 1.62 bits per heavy atom. The standard InChI is InChI=1S/C21H25N3.2CH4O3S/c1-15-4-7-20-18(12-15)19-14-23(3)10-9-21(19)24(20)11-8-17-6-5-16(2)22-13-17;2*1-5(2,3)4/h4-7,12-13H,8-11,14H2,1-3H3;2*1H3,(H,2,3,4). The van der Waals surface area contributed by atoms with Gasteiger partial charge in [0.25, 0.3) is 20.2 Å². The van der Waals surface area contributed by atoms with Gasteiger partial charge in [-0.2, -0.15) is 16.8 Å². The van der Waals surface area contributed by atoms with Crippen molar-refractivity contribution in [1.82, 2.24) is 14.5 Å². The van der Waals surface area contributed by atoms with E-state index < -0.39 is 20.2 Å². The molecule has 2 aromatic heterocycles. The van der Waals surface area contributed by atoms with Crippen LogP contribution in [0.15, 0.2) is 36.5 Å². The summed E-state index contributed by atoms with van der Waals surface area (Å²) in [5.74, 6) is 0. The lowest BCUT2D eigenvalue weighted by Gasteiger charge is -2.24. The molecule has 0 spiro atoms. The molecule has 1 aromatic carbocycles. The van der Waals surface area contributed by atoms with Gasteiger partial charge in [-0.05, 0) is 56.6 Å². The fraction of sp³-hybridized carbons (Fsp3) is 0.435. The van der Waals surface area contributed by atoms with Gasteiger partial charge in [0.2, 0.25) is 0 Å². The molecule has 3 aromatic rings. The van der Waals surface area contributed by atoms with E-state index in [1.807, 2.05) is 13.1 Å². The predicted molar refractivity (Wildman–Crippen MR) is 134 cm³/mol. The van der Waals surface area contributed by atoms with Crippen LogP contribution < -0.4 is 0 Å². The Kier molecular flexibility index (Phi) is 9.37. The number of likely N-dealkylation sites (N-methyl/N-ethyl adjacent to an activating group) is 1. The quantitative estimate of drug-likeness (QED) is 0.514. The summed E-state index contributed by atoms with van der Waals surface area (Å²) in [4.78, 5) is 6.86. The maximum absolute atomic E-state index is 9.19. The fourth-order valence-electron chi connectivity index (χ4n) is 3.84. The van der Waals surface area contributed by atoms with Crippen molar-refractivity contribution in [3.05, 3.63) is 64.6 Å². The first-order chi connectivity index (χ1) is 15.6. The van der Waals surface area contributed by atoms with Crippen molar-refractivity contribution in [3.63, 3.8) is 0 Å². The van der Waals surface area contributed by atoms with E-state index in [-0.39, 0.29) is 0 Å². The summed E-state index contributed by atoms with van der Waals surface area (Å²) in [6, 6.07) is 11.2. The lowest BCUT2D eigenvalue weighted by Crippen LogP contribution is -2.27. The van der Waals surface area contributed by atoms with E-state index in [9.17, 15) is 16.8 Å². The van der Waals surface area contributed by atoms with Crippen LogP contribution in [-0.2, 0) is 46.2 Å². The topological polar surface area (TPSA) is 130 Å². The van der Waals surface area contributed by atoms with Gasteiger partial charge < -0.3 is 9.47 Å². The highest BCUT2D eigenvalue weighted by Crippen LogP contribution is 2.31. The second-order valence-corrected chi connectivity index (χ2v) is 11.5. The summed E-state index contributed by atoms with van der Waals surface area (Å²) in [6.45, 7) is 7.47. The Balaban J connectivity index is 0.000000347. The lowest BCUT2D eigenvalue weighted by atomic mass is 10.0. The highest BCUT2D eigenvalue weighted by atomic mass is 32.2. The van der Waals surface area contributed by atoms with Crippen molar-refractivity contribution < 1.29 is 25.9 Å². The normalized spacial score (nSPS) is 14.0. The maximum Gasteiger partial charge on any atom is 0.261 e. The molecule has 0 atom stereocenters. The first-order valence-corrected chi connectivity index (χ1v) is 14.4. The van der Waals surface area contributed by atoms with Gasteiger partial charge in [-0.3, -0.25) is 14.1 Å². The first kappa shape index (κ1) is 27.9. The van der Waals surface area contributed by atoms with E-state index in [0.717, 1.165) is 38.2 Å². The van der Waals surface area contributed by atoms with E-state index >= 15 is 0 Å². The monoisotopic (exact) mass is 511 g/mol. The van der Waals surface area contributed by atoms with Crippen LogP contribution in [0.25, 0.3) is 10.9 Å². The van der Waals surface area contributed by atoms with E-state index in [1.54, 1.807) is 0 Å². The molecule has 0 saturated heterocycles. The average molecular weight is 512 g/mol. The van der Waals surface area contributed by atoms with Crippen LogP contribution >= 0.6 is 0 Å². The minimum absolute atomic E-state index is 0.715. The third kappa shape index (κ3) is 9.51. The number of rotatable bonds is 3. The highest BCUT2D eigenvalue weighted by Gasteiger charge is 2.22. The minimum Gasteiger partial charge on any atom is -0.344 e. The summed E-state index contributed by atoms with van der Waals surface area (Å²) in [5, 5.41) is 1.44. The summed E-state index contributed by atoms with van der Waals surface area (Å²) in [6.07, 6.45) is 5.63. The molecular weight excluding hydrogens is 478 g/mol. The van der Waals surface area contributed by atoms with E-state index in [2.05, 4.69) is 58.8 Å². The number of nitrogens with zero attached hydrogens (tertiary/aromatic N) is 3. The van der Waals surface area contributed by atoms with Crippen molar-refractivity contribution in [3.8, 4) is 0 Å². The van der Waals surface area contributed by atoms with Crippen LogP contribution in [0.1, 0.15) is 28.1 Å².